The Morgan fingerprint density at radius 2 is 2.00 bits per heavy atom. The molecule has 2 N–H and O–H groups in total. The first-order valence-electron chi connectivity index (χ1n) is 10.3. The van der Waals surface area contributed by atoms with Crippen LogP contribution in [0.3, 0.4) is 0 Å². The Bertz CT molecular complexity index is 1520. The minimum atomic E-state index is -5.08. The van der Waals surface area contributed by atoms with E-state index < -0.39 is 28.0 Å². The van der Waals surface area contributed by atoms with Crippen LogP contribution in [-0.2, 0) is 14.6 Å². The molecule has 0 radical (unpaired) electrons. The van der Waals surface area contributed by atoms with Gasteiger partial charge in [-0.1, -0.05) is 19.1 Å². The number of carbonyl (C=O) groups is 1. The average Bonchev–Trinajstić information content (AvgIpc) is 3.52. The smallest absolute Gasteiger partial charge is 0.475 e. The quantitative estimate of drug-likeness (QED) is 0.390. The van der Waals surface area contributed by atoms with E-state index in [-0.39, 0.29) is 17.1 Å². The molecule has 1 atom stereocenters. The minimum absolute atomic E-state index is 0.0195. The number of fused-ring (bicyclic) bond motifs is 1. The molecule has 14 heteroatoms. The summed E-state index contributed by atoms with van der Waals surface area (Å²) in [5, 5.41) is 21.8. The van der Waals surface area contributed by atoms with E-state index in [2.05, 4.69) is 26.1 Å². The van der Waals surface area contributed by atoms with Crippen molar-refractivity contribution in [3.05, 3.63) is 60.8 Å². The van der Waals surface area contributed by atoms with Gasteiger partial charge in [-0.25, -0.2) is 23.2 Å². The molecular formula is C22H19F3N6O4S. The lowest BCUT2D eigenvalue weighted by Crippen LogP contribution is -2.21. The number of aromatic amines is 1. The zero-order chi connectivity index (χ0) is 26.5. The van der Waals surface area contributed by atoms with Gasteiger partial charge in [-0.05, 0) is 23.8 Å². The fraction of sp³-hybridized carbons (Fsp3) is 0.227. The molecule has 3 aromatic heterocycles. The molecule has 36 heavy (non-hydrogen) atoms. The normalized spacial score (nSPS) is 12.4. The number of nitrogens with one attached hydrogen (secondary N) is 1. The summed E-state index contributed by atoms with van der Waals surface area (Å²) in [6.07, 6.45) is 1.85. The predicted molar refractivity (Wildman–Crippen MR) is 121 cm³/mol. The van der Waals surface area contributed by atoms with Crippen LogP contribution in [0.25, 0.3) is 22.3 Å². The number of aliphatic carboxylic acids is 1. The Balaban J connectivity index is 0.000000454. The molecule has 0 aliphatic carbocycles. The summed E-state index contributed by atoms with van der Waals surface area (Å²) in [4.78, 5) is 20.8. The Labute approximate surface area is 203 Å². The van der Waals surface area contributed by atoms with E-state index in [0.29, 0.717) is 5.56 Å². The Morgan fingerprint density at radius 3 is 2.64 bits per heavy atom. The second kappa shape index (κ2) is 10.6. The number of aromatic nitrogens is 5. The van der Waals surface area contributed by atoms with Crippen LogP contribution in [0.2, 0.25) is 0 Å². The van der Waals surface area contributed by atoms with Crippen molar-refractivity contribution in [2.24, 2.45) is 0 Å². The van der Waals surface area contributed by atoms with Crippen LogP contribution in [0.15, 0.2) is 60.1 Å². The van der Waals surface area contributed by atoms with Crippen molar-refractivity contribution in [2.45, 2.75) is 30.5 Å². The predicted octanol–water partition coefficient (Wildman–Crippen LogP) is 3.75. The van der Waals surface area contributed by atoms with Crippen LogP contribution in [0.5, 0.6) is 0 Å². The molecule has 4 rings (SSSR count). The first kappa shape index (κ1) is 26.4. The highest BCUT2D eigenvalue weighted by Crippen LogP contribution is 2.28. The summed E-state index contributed by atoms with van der Waals surface area (Å²) < 4.78 is 57.9. The maximum absolute atomic E-state index is 12.3. The van der Waals surface area contributed by atoms with Crippen LogP contribution in [0.4, 0.5) is 13.2 Å². The molecule has 0 bridgehead atoms. The van der Waals surface area contributed by atoms with Gasteiger partial charge in [0.15, 0.2) is 9.84 Å². The lowest BCUT2D eigenvalue weighted by molar-refractivity contribution is -0.192. The first-order valence-corrected chi connectivity index (χ1v) is 12.0. The molecule has 0 aliphatic rings. The topological polar surface area (TPSA) is 155 Å². The highest BCUT2D eigenvalue weighted by atomic mass is 32.2. The first-order chi connectivity index (χ1) is 17.0. The maximum Gasteiger partial charge on any atom is 0.490 e. The van der Waals surface area contributed by atoms with Crippen molar-refractivity contribution >= 4 is 26.8 Å². The standard InChI is InChI=1S/C20H18N6O2S.C2HF3O2/c1-2-29(27,28)16-5-3-4-14(10-16)18(6-8-21)26-12-15(11-25-26)19-17-7-9-22-20(17)24-13-23-19;3-2(4,5)1(6)7/h3-5,7,9-13,18H,2,6H2,1H3,(H,22,23,24);(H,6,7)/t18-;/m1./s1. The largest absolute Gasteiger partial charge is 0.490 e. The third-order valence-electron chi connectivity index (χ3n) is 5.06. The number of hydrogen-bond acceptors (Lipinski definition) is 7. The summed E-state index contributed by atoms with van der Waals surface area (Å²) in [6, 6.07) is 10.4. The molecule has 188 valence electrons. The average molecular weight is 520 g/mol. The summed E-state index contributed by atoms with van der Waals surface area (Å²) in [5.41, 5.74) is 2.97. The molecular weight excluding hydrogens is 501 g/mol. The van der Waals surface area contributed by atoms with E-state index in [1.165, 1.54) is 6.33 Å². The van der Waals surface area contributed by atoms with Crippen LogP contribution >= 0.6 is 0 Å². The molecule has 0 fully saturated rings. The zero-order valence-electron chi connectivity index (χ0n) is 18.6. The Hall–Kier alpha value is -4.25. The van der Waals surface area contributed by atoms with Crippen LogP contribution in [0, 0.1) is 11.3 Å². The molecule has 0 aliphatic heterocycles. The van der Waals surface area contributed by atoms with Gasteiger partial charge in [-0.2, -0.15) is 23.5 Å². The summed E-state index contributed by atoms with van der Waals surface area (Å²) >= 11 is 0. The van der Waals surface area contributed by atoms with Crippen molar-refractivity contribution < 1.29 is 31.5 Å². The van der Waals surface area contributed by atoms with E-state index in [1.807, 2.05) is 18.3 Å². The number of alkyl halides is 3. The number of rotatable bonds is 6. The monoisotopic (exact) mass is 520 g/mol. The number of nitrogens with zero attached hydrogens (tertiary/aromatic N) is 5. The molecule has 4 aromatic rings. The minimum Gasteiger partial charge on any atom is -0.475 e. The fourth-order valence-electron chi connectivity index (χ4n) is 3.27. The number of carboxylic acid groups (broad SMARTS) is 1. The Morgan fingerprint density at radius 1 is 1.28 bits per heavy atom. The SMILES string of the molecule is CCS(=O)(=O)c1cccc([C@@H](CC#N)n2cc(-c3ncnc4[nH]ccc34)cn2)c1.O=C(O)C(F)(F)F. The van der Waals surface area contributed by atoms with E-state index >= 15 is 0 Å². The fourth-order valence-corrected chi connectivity index (χ4v) is 4.20. The summed E-state index contributed by atoms with van der Waals surface area (Å²) in [5.74, 6) is -2.74. The van der Waals surface area contributed by atoms with Crippen molar-refractivity contribution in [3.8, 4) is 17.3 Å². The van der Waals surface area contributed by atoms with Gasteiger partial charge in [-0.15, -0.1) is 0 Å². The number of hydrogen-bond donors (Lipinski definition) is 2. The third-order valence-corrected chi connectivity index (χ3v) is 6.79. The van der Waals surface area contributed by atoms with E-state index in [0.717, 1.165) is 22.3 Å². The van der Waals surface area contributed by atoms with Crippen molar-refractivity contribution in [1.29, 1.82) is 5.26 Å². The van der Waals surface area contributed by atoms with Crippen molar-refractivity contribution in [2.75, 3.05) is 5.75 Å². The van der Waals surface area contributed by atoms with Crippen LogP contribution < -0.4 is 0 Å². The molecule has 0 spiro atoms. The molecule has 0 unspecified atom stereocenters. The molecule has 0 amide bonds. The number of nitriles is 1. The molecule has 10 nitrogen and oxygen atoms in total. The Kier molecular flexibility index (Phi) is 7.74. The summed E-state index contributed by atoms with van der Waals surface area (Å²) in [7, 11) is -3.34. The van der Waals surface area contributed by atoms with Gasteiger partial charge >= 0.3 is 12.1 Å². The number of carboxylic acids is 1. The zero-order valence-corrected chi connectivity index (χ0v) is 19.5. The number of H-pyrrole nitrogens is 1. The van der Waals surface area contributed by atoms with Gasteiger partial charge in [0.05, 0.1) is 41.1 Å². The highest BCUT2D eigenvalue weighted by Gasteiger charge is 2.38. The number of halogens is 3. The van der Waals surface area contributed by atoms with E-state index in [4.69, 9.17) is 9.90 Å². The van der Waals surface area contributed by atoms with Crippen molar-refractivity contribution in [3.63, 3.8) is 0 Å². The van der Waals surface area contributed by atoms with Gasteiger partial charge in [-0.3, -0.25) is 4.68 Å². The van der Waals surface area contributed by atoms with E-state index in [9.17, 15) is 26.9 Å². The van der Waals surface area contributed by atoms with Crippen LogP contribution in [0.1, 0.15) is 24.9 Å². The maximum atomic E-state index is 12.3. The third kappa shape index (κ3) is 5.87. The molecule has 1 aromatic carbocycles. The van der Waals surface area contributed by atoms with Gasteiger partial charge in [0.25, 0.3) is 0 Å². The molecule has 0 saturated carbocycles. The van der Waals surface area contributed by atoms with E-state index in [1.54, 1.807) is 42.2 Å². The van der Waals surface area contributed by atoms with Gasteiger partial charge < -0.3 is 10.1 Å². The second-order valence-electron chi connectivity index (χ2n) is 7.33. The summed E-state index contributed by atoms with van der Waals surface area (Å²) in [6.45, 7) is 1.61. The number of sulfone groups is 1. The highest BCUT2D eigenvalue weighted by molar-refractivity contribution is 7.91. The van der Waals surface area contributed by atoms with Gasteiger partial charge in [0.2, 0.25) is 0 Å². The lowest BCUT2D eigenvalue weighted by Gasteiger charge is -2.16. The second-order valence-corrected chi connectivity index (χ2v) is 9.61. The van der Waals surface area contributed by atoms with Gasteiger partial charge in [0.1, 0.15) is 12.0 Å². The lowest BCUT2D eigenvalue weighted by atomic mass is 10.0. The van der Waals surface area contributed by atoms with Crippen LogP contribution in [-0.4, -0.2) is 56.2 Å². The van der Waals surface area contributed by atoms with Gasteiger partial charge in [0, 0.05) is 23.3 Å². The van der Waals surface area contributed by atoms with Crippen molar-refractivity contribution in [1.82, 2.24) is 24.7 Å². The number of benzene rings is 1. The molecule has 0 saturated heterocycles. The molecule has 3 heterocycles.